The Balaban J connectivity index is 1.19. The number of anilines is 2. The highest BCUT2D eigenvalue weighted by atomic mass is 16.5. The lowest BCUT2D eigenvalue weighted by atomic mass is 10.1. The zero-order valence-corrected chi connectivity index (χ0v) is 24.7. The molecule has 46 heavy (non-hydrogen) atoms. The van der Waals surface area contributed by atoms with Crippen molar-refractivity contribution in [2.75, 3.05) is 11.4 Å². The molecule has 0 radical (unpaired) electrons. The number of nitrogens with zero attached hydrogens (tertiary/aromatic N) is 5. The Morgan fingerprint density at radius 3 is 1.70 bits per heavy atom. The van der Waals surface area contributed by atoms with Crippen LogP contribution in [-0.2, 0) is 6.54 Å². The second-order valence-electron chi connectivity index (χ2n) is 11.6. The van der Waals surface area contributed by atoms with Crippen molar-refractivity contribution in [1.29, 1.82) is 10.5 Å². The normalized spacial score (nSPS) is 12.2. The van der Waals surface area contributed by atoms with Crippen LogP contribution in [0.5, 0.6) is 11.5 Å². The molecule has 6 heteroatoms. The maximum atomic E-state index is 9.62. The van der Waals surface area contributed by atoms with Crippen molar-refractivity contribution in [3.8, 4) is 29.3 Å². The smallest absolute Gasteiger partial charge is 0.151 e. The molecule has 0 N–H and O–H groups in total. The van der Waals surface area contributed by atoms with Crippen LogP contribution >= 0.6 is 0 Å². The first-order valence-corrected chi connectivity index (χ1v) is 15.2. The highest BCUT2D eigenvalue weighted by Gasteiger charge is 2.24. The Hall–Kier alpha value is -6.50. The van der Waals surface area contributed by atoms with Gasteiger partial charge in [-0.15, -0.1) is 0 Å². The molecule has 0 bridgehead atoms. The average molecular weight is 592 g/mol. The molecule has 3 heterocycles. The van der Waals surface area contributed by atoms with Gasteiger partial charge in [-0.2, -0.15) is 10.5 Å². The third kappa shape index (κ3) is 3.81. The third-order valence-corrected chi connectivity index (χ3v) is 9.12. The van der Waals surface area contributed by atoms with Crippen molar-refractivity contribution in [3.63, 3.8) is 0 Å². The number of nitriles is 2. The van der Waals surface area contributed by atoms with Gasteiger partial charge in [-0.05, 0) is 84.9 Å². The number of benzene rings is 6. The maximum absolute atomic E-state index is 9.62. The maximum Gasteiger partial charge on any atom is 0.151 e. The summed E-state index contributed by atoms with van der Waals surface area (Å²) in [7, 11) is 0. The molecule has 8 aromatic rings. The fourth-order valence-corrected chi connectivity index (χ4v) is 7.08. The summed E-state index contributed by atoms with van der Waals surface area (Å²) in [6.45, 7) is 1.54. The van der Waals surface area contributed by atoms with Crippen LogP contribution in [0.1, 0.15) is 11.1 Å². The first kappa shape index (κ1) is 25.9. The first-order valence-electron chi connectivity index (χ1n) is 15.2. The van der Waals surface area contributed by atoms with Gasteiger partial charge in [-0.3, -0.25) is 0 Å². The van der Waals surface area contributed by atoms with Gasteiger partial charge in [0.25, 0.3) is 0 Å². The van der Waals surface area contributed by atoms with Crippen molar-refractivity contribution < 1.29 is 4.74 Å². The Morgan fingerprint density at radius 1 is 0.500 bits per heavy atom. The molecule has 216 valence electrons. The fourth-order valence-electron chi connectivity index (χ4n) is 7.08. The first-order chi connectivity index (χ1) is 22.7. The van der Waals surface area contributed by atoms with Crippen LogP contribution in [0.4, 0.5) is 11.4 Å². The van der Waals surface area contributed by atoms with E-state index in [1.54, 1.807) is 0 Å². The van der Waals surface area contributed by atoms with Crippen LogP contribution in [0, 0.1) is 22.7 Å². The van der Waals surface area contributed by atoms with E-state index in [2.05, 4.69) is 92.9 Å². The second kappa shape index (κ2) is 10.0. The number of hydrogen-bond acceptors (Lipinski definition) is 4. The monoisotopic (exact) mass is 591 g/mol. The molecule has 0 unspecified atom stereocenters. The van der Waals surface area contributed by atoms with Crippen molar-refractivity contribution in [2.45, 2.75) is 6.54 Å². The standard InChI is InChI=1S/C40H25N5O/c41-24-26-13-16-35-30(21-26)31-22-27(25-42)14-17-36(31)45(35)28-15-18-34-32(23-28)29-7-1-2-8-33(29)43(34)19-20-44-37-9-3-5-11-39(37)46-40-12-6-4-10-38(40)44/h1-18,21-23H,19-20H2. The number of aromatic nitrogens is 2. The lowest BCUT2D eigenvalue weighted by Crippen LogP contribution is -2.25. The van der Waals surface area contributed by atoms with Gasteiger partial charge in [0.1, 0.15) is 0 Å². The molecule has 0 saturated carbocycles. The SMILES string of the molecule is N#Cc1ccc2c(c1)c1cc(C#N)ccc1n2-c1ccc2c(c1)c1ccccc1n2CCN1c2ccccc2Oc2ccccc21. The van der Waals surface area contributed by atoms with E-state index in [-0.39, 0.29) is 0 Å². The summed E-state index contributed by atoms with van der Waals surface area (Å²) < 4.78 is 10.9. The van der Waals surface area contributed by atoms with E-state index in [1.807, 2.05) is 60.7 Å². The largest absolute Gasteiger partial charge is 0.453 e. The van der Waals surface area contributed by atoms with Gasteiger partial charge in [-0.1, -0.05) is 42.5 Å². The minimum atomic E-state index is 0.595. The van der Waals surface area contributed by atoms with E-state index in [1.165, 1.54) is 21.8 Å². The van der Waals surface area contributed by atoms with E-state index in [0.717, 1.165) is 63.5 Å². The highest BCUT2D eigenvalue weighted by Crippen LogP contribution is 2.46. The molecule has 9 rings (SSSR count). The second-order valence-corrected chi connectivity index (χ2v) is 11.6. The Labute approximate surface area is 264 Å². The van der Waals surface area contributed by atoms with Crippen molar-refractivity contribution in [3.05, 3.63) is 139 Å². The molecule has 0 spiro atoms. The van der Waals surface area contributed by atoms with Gasteiger partial charge >= 0.3 is 0 Å². The minimum absolute atomic E-state index is 0.595. The van der Waals surface area contributed by atoms with Gasteiger partial charge < -0.3 is 18.8 Å². The lowest BCUT2D eigenvalue weighted by Gasteiger charge is -2.33. The zero-order valence-electron chi connectivity index (χ0n) is 24.7. The number of hydrogen-bond donors (Lipinski definition) is 0. The fraction of sp³-hybridized carbons (Fsp3) is 0.0500. The summed E-state index contributed by atoms with van der Waals surface area (Å²) in [4.78, 5) is 2.35. The van der Waals surface area contributed by atoms with E-state index < -0.39 is 0 Å². The van der Waals surface area contributed by atoms with Gasteiger partial charge in [0.15, 0.2) is 11.5 Å². The molecule has 1 aliphatic heterocycles. The summed E-state index contributed by atoms with van der Waals surface area (Å²) in [5.74, 6) is 1.73. The van der Waals surface area contributed by atoms with Crippen molar-refractivity contribution in [2.24, 2.45) is 0 Å². The quantitative estimate of drug-likeness (QED) is 0.204. The van der Waals surface area contributed by atoms with Crippen molar-refractivity contribution in [1.82, 2.24) is 9.13 Å². The predicted octanol–water partition coefficient (Wildman–Crippen LogP) is 9.58. The van der Waals surface area contributed by atoms with E-state index in [0.29, 0.717) is 11.1 Å². The molecule has 2 aromatic heterocycles. The molecule has 6 nitrogen and oxygen atoms in total. The van der Waals surface area contributed by atoms with Gasteiger partial charge in [0, 0.05) is 51.4 Å². The minimum Gasteiger partial charge on any atom is -0.453 e. The Bertz CT molecular complexity index is 2500. The average Bonchev–Trinajstić information content (AvgIpc) is 3.61. The molecule has 6 aromatic carbocycles. The third-order valence-electron chi connectivity index (χ3n) is 9.12. The summed E-state index contributed by atoms with van der Waals surface area (Å²) >= 11 is 0. The van der Waals surface area contributed by atoms with Crippen LogP contribution in [0.3, 0.4) is 0 Å². The molecule has 0 saturated heterocycles. The summed E-state index contributed by atoms with van der Waals surface area (Å²) in [5.41, 5.74) is 8.69. The number of ether oxygens (including phenoxy) is 1. The van der Waals surface area contributed by atoms with E-state index >= 15 is 0 Å². The lowest BCUT2D eigenvalue weighted by molar-refractivity contribution is 0.472. The summed E-state index contributed by atoms with van der Waals surface area (Å²) in [6, 6.07) is 47.8. The van der Waals surface area contributed by atoms with Crippen LogP contribution in [0.2, 0.25) is 0 Å². The molecular weight excluding hydrogens is 566 g/mol. The Kier molecular flexibility index (Phi) is 5.65. The zero-order chi connectivity index (χ0) is 30.8. The molecule has 0 aliphatic carbocycles. The predicted molar refractivity (Wildman–Crippen MR) is 183 cm³/mol. The van der Waals surface area contributed by atoms with Crippen LogP contribution in [0.25, 0.3) is 49.3 Å². The topological polar surface area (TPSA) is 69.9 Å². The number of para-hydroxylation sites is 5. The molecule has 0 fully saturated rings. The van der Waals surface area contributed by atoms with Crippen LogP contribution in [0.15, 0.2) is 127 Å². The van der Waals surface area contributed by atoms with Crippen LogP contribution in [-0.4, -0.2) is 15.7 Å². The van der Waals surface area contributed by atoms with Gasteiger partial charge in [0.05, 0.1) is 45.7 Å². The molecule has 0 amide bonds. The van der Waals surface area contributed by atoms with Gasteiger partial charge in [0.2, 0.25) is 0 Å². The molecule has 1 aliphatic rings. The summed E-state index contributed by atoms with van der Waals surface area (Å²) in [6.07, 6.45) is 0. The van der Waals surface area contributed by atoms with Crippen molar-refractivity contribution >= 4 is 55.0 Å². The Morgan fingerprint density at radius 2 is 1.04 bits per heavy atom. The van der Waals surface area contributed by atoms with E-state index in [9.17, 15) is 10.5 Å². The number of fused-ring (bicyclic) bond motifs is 8. The highest BCUT2D eigenvalue weighted by molar-refractivity contribution is 6.12. The van der Waals surface area contributed by atoms with E-state index in [4.69, 9.17) is 4.74 Å². The van der Waals surface area contributed by atoms with Crippen LogP contribution < -0.4 is 9.64 Å². The summed E-state index contributed by atoms with van der Waals surface area (Å²) in [5, 5.41) is 23.5. The number of rotatable bonds is 4. The van der Waals surface area contributed by atoms with Gasteiger partial charge in [-0.25, -0.2) is 0 Å². The molecular formula is C40H25N5O. The molecule has 0 atom stereocenters.